The number of aromatic nitrogens is 2. The van der Waals surface area contributed by atoms with Gasteiger partial charge in [-0.15, -0.1) is 0 Å². The fourth-order valence-electron chi connectivity index (χ4n) is 2.24. The molecule has 0 aromatic carbocycles. The van der Waals surface area contributed by atoms with Gasteiger partial charge in [0.1, 0.15) is 10.5 Å². The standard InChI is InChI=1S/C12H18N2S/c1-8-9(2)13-11(14-12(8)15)10-6-4-3-5-7-10/h10H,3-7H2,1-2H3,(H,13,14,15). The monoisotopic (exact) mass is 222 g/mol. The molecule has 1 aliphatic rings. The SMILES string of the molecule is Cc1[nH]c(C2CCCCC2)nc(=S)c1C. The summed E-state index contributed by atoms with van der Waals surface area (Å²) >= 11 is 5.27. The smallest absolute Gasteiger partial charge is 0.132 e. The summed E-state index contributed by atoms with van der Waals surface area (Å²) in [6, 6.07) is 0. The van der Waals surface area contributed by atoms with E-state index in [0.29, 0.717) is 5.92 Å². The number of aromatic amines is 1. The number of hydrogen-bond acceptors (Lipinski definition) is 2. The van der Waals surface area contributed by atoms with Crippen LogP contribution in [0.1, 0.15) is 55.1 Å². The molecule has 2 nitrogen and oxygen atoms in total. The average Bonchev–Trinajstić information content (AvgIpc) is 2.26. The first kappa shape index (κ1) is 10.8. The first-order valence-corrected chi connectivity index (χ1v) is 6.16. The molecule has 0 saturated heterocycles. The van der Waals surface area contributed by atoms with Crippen LogP contribution in [0, 0.1) is 18.5 Å². The Kier molecular flexibility index (Phi) is 3.19. The quantitative estimate of drug-likeness (QED) is 0.732. The predicted octanol–water partition coefficient (Wildman–Crippen LogP) is 3.80. The van der Waals surface area contributed by atoms with E-state index >= 15 is 0 Å². The highest BCUT2D eigenvalue weighted by Crippen LogP contribution is 2.30. The lowest BCUT2D eigenvalue weighted by Gasteiger charge is -2.21. The van der Waals surface area contributed by atoms with E-state index in [2.05, 4.69) is 16.9 Å². The van der Waals surface area contributed by atoms with E-state index in [1.807, 2.05) is 6.92 Å². The van der Waals surface area contributed by atoms with Crippen molar-refractivity contribution in [1.29, 1.82) is 0 Å². The molecule has 0 atom stereocenters. The van der Waals surface area contributed by atoms with Crippen LogP contribution in [0.4, 0.5) is 0 Å². The highest BCUT2D eigenvalue weighted by atomic mass is 32.1. The van der Waals surface area contributed by atoms with Gasteiger partial charge in [-0.3, -0.25) is 0 Å². The molecule has 0 aliphatic heterocycles. The largest absolute Gasteiger partial charge is 0.347 e. The van der Waals surface area contributed by atoms with Gasteiger partial charge in [0.2, 0.25) is 0 Å². The molecule has 2 rings (SSSR count). The number of hydrogen-bond donors (Lipinski definition) is 1. The van der Waals surface area contributed by atoms with Crippen molar-refractivity contribution in [2.45, 2.75) is 51.9 Å². The lowest BCUT2D eigenvalue weighted by molar-refractivity contribution is 0.427. The first-order valence-electron chi connectivity index (χ1n) is 5.76. The molecule has 0 unspecified atom stereocenters. The van der Waals surface area contributed by atoms with Crippen molar-refractivity contribution < 1.29 is 0 Å². The van der Waals surface area contributed by atoms with Crippen molar-refractivity contribution in [1.82, 2.24) is 9.97 Å². The van der Waals surface area contributed by atoms with Crippen LogP contribution in [0.15, 0.2) is 0 Å². The molecule has 82 valence electrons. The lowest BCUT2D eigenvalue weighted by atomic mass is 9.88. The minimum absolute atomic E-state index is 0.611. The van der Waals surface area contributed by atoms with Crippen LogP contribution in [0.2, 0.25) is 0 Å². The summed E-state index contributed by atoms with van der Waals surface area (Å²) in [4.78, 5) is 7.92. The molecule has 1 aromatic rings. The zero-order valence-corrected chi connectivity index (χ0v) is 10.3. The molecular weight excluding hydrogens is 204 g/mol. The third-order valence-corrected chi connectivity index (χ3v) is 3.81. The minimum atomic E-state index is 0.611. The van der Waals surface area contributed by atoms with Crippen LogP contribution < -0.4 is 0 Å². The van der Waals surface area contributed by atoms with E-state index in [1.165, 1.54) is 37.8 Å². The van der Waals surface area contributed by atoms with Crippen LogP contribution in [-0.4, -0.2) is 9.97 Å². The number of H-pyrrole nitrogens is 1. The Labute approximate surface area is 96.1 Å². The van der Waals surface area contributed by atoms with Crippen LogP contribution >= 0.6 is 12.2 Å². The van der Waals surface area contributed by atoms with Gasteiger partial charge >= 0.3 is 0 Å². The molecule has 0 spiro atoms. The second-order valence-corrected chi connectivity index (χ2v) is 4.90. The molecular formula is C12H18N2S. The third-order valence-electron chi connectivity index (χ3n) is 3.41. The van der Waals surface area contributed by atoms with Crippen LogP contribution in [0.25, 0.3) is 0 Å². The number of nitrogens with zero attached hydrogens (tertiary/aromatic N) is 1. The summed E-state index contributed by atoms with van der Waals surface area (Å²) in [5.74, 6) is 1.72. The molecule has 1 heterocycles. The molecule has 1 aromatic heterocycles. The maximum absolute atomic E-state index is 5.27. The van der Waals surface area contributed by atoms with Crippen LogP contribution in [0.5, 0.6) is 0 Å². The summed E-state index contributed by atoms with van der Waals surface area (Å²) in [6.45, 7) is 4.12. The van der Waals surface area contributed by atoms with Gasteiger partial charge in [0.05, 0.1) is 0 Å². The van der Waals surface area contributed by atoms with Gasteiger partial charge in [0, 0.05) is 17.2 Å². The first-order chi connectivity index (χ1) is 7.18. The fourth-order valence-corrected chi connectivity index (χ4v) is 2.49. The van der Waals surface area contributed by atoms with E-state index in [4.69, 9.17) is 12.2 Å². The minimum Gasteiger partial charge on any atom is -0.347 e. The highest BCUT2D eigenvalue weighted by molar-refractivity contribution is 7.71. The Balaban J connectivity index is 2.32. The van der Waals surface area contributed by atoms with Gasteiger partial charge in [-0.05, 0) is 26.7 Å². The van der Waals surface area contributed by atoms with Crippen molar-refractivity contribution in [2.75, 3.05) is 0 Å². The Morgan fingerprint density at radius 3 is 2.47 bits per heavy atom. The van der Waals surface area contributed by atoms with E-state index in [-0.39, 0.29) is 0 Å². The van der Waals surface area contributed by atoms with E-state index in [1.54, 1.807) is 0 Å². The van der Waals surface area contributed by atoms with Gasteiger partial charge in [0.25, 0.3) is 0 Å². The number of nitrogens with one attached hydrogen (secondary N) is 1. The fraction of sp³-hybridized carbons (Fsp3) is 0.667. The van der Waals surface area contributed by atoms with Crippen molar-refractivity contribution in [3.63, 3.8) is 0 Å². The second-order valence-electron chi connectivity index (χ2n) is 4.51. The third kappa shape index (κ3) is 2.28. The second kappa shape index (κ2) is 4.44. The summed E-state index contributed by atoms with van der Waals surface area (Å²) in [6.07, 6.45) is 6.57. The number of rotatable bonds is 1. The molecule has 1 saturated carbocycles. The zero-order valence-electron chi connectivity index (χ0n) is 9.47. The lowest BCUT2D eigenvalue weighted by Crippen LogP contribution is -2.10. The molecule has 0 radical (unpaired) electrons. The van der Waals surface area contributed by atoms with Crippen molar-refractivity contribution in [2.24, 2.45) is 0 Å². The van der Waals surface area contributed by atoms with E-state index in [9.17, 15) is 0 Å². The van der Waals surface area contributed by atoms with Crippen molar-refractivity contribution in [3.05, 3.63) is 21.7 Å². The van der Waals surface area contributed by atoms with Crippen molar-refractivity contribution >= 4 is 12.2 Å². The molecule has 0 bridgehead atoms. The molecule has 1 N–H and O–H groups in total. The number of aryl methyl sites for hydroxylation is 1. The molecule has 15 heavy (non-hydrogen) atoms. The zero-order chi connectivity index (χ0) is 10.8. The van der Waals surface area contributed by atoms with Gasteiger partial charge in [-0.25, -0.2) is 4.98 Å². The Hall–Kier alpha value is -0.700. The molecule has 3 heteroatoms. The summed E-state index contributed by atoms with van der Waals surface area (Å²) in [7, 11) is 0. The summed E-state index contributed by atoms with van der Waals surface area (Å²) in [5, 5.41) is 0. The maximum atomic E-state index is 5.27. The van der Waals surface area contributed by atoms with E-state index in [0.717, 1.165) is 16.0 Å². The van der Waals surface area contributed by atoms with Crippen LogP contribution in [0.3, 0.4) is 0 Å². The topological polar surface area (TPSA) is 28.7 Å². The summed E-state index contributed by atoms with van der Waals surface area (Å²) < 4.78 is 0.770. The van der Waals surface area contributed by atoms with Gasteiger partial charge < -0.3 is 4.98 Å². The van der Waals surface area contributed by atoms with E-state index < -0.39 is 0 Å². The summed E-state index contributed by atoms with van der Waals surface area (Å²) in [5.41, 5.74) is 2.29. The van der Waals surface area contributed by atoms with Gasteiger partial charge in [0.15, 0.2) is 0 Å². The average molecular weight is 222 g/mol. The van der Waals surface area contributed by atoms with Gasteiger partial charge in [-0.1, -0.05) is 31.5 Å². The molecule has 1 fully saturated rings. The maximum Gasteiger partial charge on any atom is 0.132 e. The highest BCUT2D eigenvalue weighted by Gasteiger charge is 2.17. The molecule has 1 aliphatic carbocycles. The Morgan fingerprint density at radius 1 is 1.20 bits per heavy atom. The van der Waals surface area contributed by atoms with Gasteiger partial charge in [-0.2, -0.15) is 0 Å². The van der Waals surface area contributed by atoms with Crippen LogP contribution in [-0.2, 0) is 0 Å². The Morgan fingerprint density at radius 2 is 1.87 bits per heavy atom. The Bertz CT molecular complexity index is 403. The van der Waals surface area contributed by atoms with Crippen molar-refractivity contribution in [3.8, 4) is 0 Å². The molecule has 0 amide bonds. The predicted molar refractivity (Wildman–Crippen MR) is 64.7 cm³/mol. The normalized spacial score (nSPS) is 18.0.